The van der Waals surface area contributed by atoms with Gasteiger partial charge in [-0.2, -0.15) is 0 Å². The summed E-state index contributed by atoms with van der Waals surface area (Å²) in [7, 11) is 0. The highest BCUT2D eigenvalue weighted by Gasteiger charge is 2.37. The molecular formula is C13H17NO. The Balaban J connectivity index is 1.94. The predicted octanol–water partition coefficient (Wildman–Crippen LogP) is 2.16. The molecule has 80 valence electrons. The van der Waals surface area contributed by atoms with Gasteiger partial charge >= 0.3 is 0 Å². The van der Waals surface area contributed by atoms with Gasteiger partial charge in [0, 0.05) is 11.5 Å². The Morgan fingerprint density at radius 2 is 2.20 bits per heavy atom. The van der Waals surface area contributed by atoms with Gasteiger partial charge in [-0.1, -0.05) is 18.2 Å². The van der Waals surface area contributed by atoms with Crippen molar-refractivity contribution in [3.63, 3.8) is 0 Å². The quantitative estimate of drug-likeness (QED) is 0.755. The van der Waals surface area contributed by atoms with Crippen molar-refractivity contribution in [3.8, 4) is 5.75 Å². The molecule has 0 aliphatic carbocycles. The van der Waals surface area contributed by atoms with E-state index in [-0.39, 0.29) is 0 Å². The maximum absolute atomic E-state index is 5.90. The van der Waals surface area contributed by atoms with E-state index < -0.39 is 0 Å². The molecule has 3 atom stereocenters. The third-order valence-corrected chi connectivity index (χ3v) is 3.70. The van der Waals surface area contributed by atoms with Crippen LogP contribution in [-0.2, 0) is 0 Å². The van der Waals surface area contributed by atoms with Crippen molar-refractivity contribution in [2.24, 2.45) is 5.92 Å². The van der Waals surface area contributed by atoms with Crippen molar-refractivity contribution in [1.82, 2.24) is 5.32 Å². The van der Waals surface area contributed by atoms with E-state index in [1.807, 2.05) is 0 Å². The largest absolute Gasteiger partial charge is 0.490 e. The van der Waals surface area contributed by atoms with Crippen LogP contribution in [0.1, 0.15) is 24.8 Å². The van der Waals surface area contributed by atoms with Crippen LogP contribution in [0.15, 0.2) is 24.3 Å². The molecule has 2 heterocycles. The molecule has 2 aliphatic heterocycles. The Morgan fingerprint density at radius 3 is 3.00 bits per heavy atom. The Bertz CT molecular complexity index is 357. The van der Waals surface area contributed by atoms with Crippen molar-refractivity contribution < 1.29 is 4.74 Å². The van der Waals surface area contributed by atoms with E-state index in [9.17, 15) is 0 Å². The van der Waals surface area contributed by atoms with Gasteiger partial charge < -0.3 is 10.1 Å². The van der Waals surface area contributed by atoms with Gasteiger partial charge in [-0.15, -0.1) is 0 Å². The first kappa shape index (κ1) is 9.22. The minimum Gasteiger partial charge on any atom is -0.490 e. The average Bonchev–Trinajstić information content (AvgIpc) is 2.82. The van der Waals surface area contributed by atoms with Crippen LogP contribution in [0, 0.1) is 5.92 Å². The van der Waals surface area contributed by atoms with Crippen LogP contribution in [0.4, 0.5) is 0 Å². The SMILES string of the molecule is CC1Oc2ccccc2C1C1CCNC1. The fourth-order valence-corrected chi connectivity index (χ4v) is 3.01. The third kappa shape index (κ3) is 1.44. The van der Waals surface area contributed by atoms with Crippen LogP contribution in [0.3, 0.4) is 0 Å². The average molecular weight is 203 g/mol. The summed E-state index contributed by atoms with van der Waals surface area (Å²) >= 11 is 0. The summed E-state index contributed by atoms with van der Waals surface area (Å²) < 4.78 is 5.90. The number of ether oxygens (including phenoxy) is 1. The Hall–Kier alpha value is -1.02. The van der Waals surface area contributed by atoms with Gasteiger partial charge in [0.05, 0.1) is 0 Å². The molecule has 1 fully saturated rings. The zero-order valence-corrected chi connectivity index (χ0v) is 9.07. The molecule has 3 unspecified atom stereocenters. The van der Waals surface area contributed by atoms with Gasteiger partial charge in [-0.25, -0.2) is 0 Å². The summed E-state index contributed by atoms with van der Waals surface area (Å²) in [5.74, 6) is 2.45. The topological polar surface area (TPSA) is 21.3 Å². The predicted molar refractivity (Wildman–Crippen MR) is 60.2 cm³/mol. The summed E-state index contributed by atoms with van der Waals surface area (Å²) in [6.07, 6.45) is 1.62. The van der Waals surface area contributed by atoms with Crippen LogP contribution in [0.5, 0.6) is 5.75 Å². The summed E-state index contributed by atoms with van der Waals surface area (Å²) in [4.78, 5) is 0. The fraction of sp³-hybridized carbons (Fsp3) is 0.538. The Morgan fingerprint density at radius 1 is 1.33 bits per heavy atom. The Labute approximate surface area is 90.6 Å². The number of fused-ring (bicyclic) bond motifs is 1. The molecule has 1 aromatic carbocycles. The van der Waals surface area contributed by atoms with Gasteiger partial charge in [0.2, 0.25) is 0 Å². The van der Waals surface area contributed by atoms with Crippen LogP contribution < -0.4 is 10.1 Å². The lowest BCUT2D eigenvalue weighted by molar-refractivity contribution is 0.199. The molecule has 0 radical (unpaired) electrons. The minimum atomic E-state index is 0.340. The molecule has 0 saturated carbocycles. The lowest BCUT2D eigenvalue weighted by Gasteiger charge is -2.20. The van der Waals surface area contributed by atoms with Crippen LogP contribution in [-0.4, -0.2) is 19.2 Å². The maximum Gasteiger partial charge on any atom is 0.123 e. The molecule has 0 spiro atoms. The molecule has 2 aliphatic rings. The molecule has 0 bridgehead atoms. The van der Waals surface area contributed by atoms with Crippen LogP contribution >= 0.6 is 0 Å². The van der Waals surface area contributed by atoms with Gasteiger partial charge in [-0.05, 0) is 38.4 Å². The second-order valence-electron chi connectivity index (χ2n) is 4.64. The van der Waals surface area contributed by atoms with E-state index in [0.29, 0.717) is 12.0 Å². The lowest BCUT2D eigenvalue weighted by atomic mass is 9.83. The van der Waals surface area contributed by atoms with E-state index in [4.69, 9.17) is 4.74 Å². The molecule has 2 heteroatoms. The Kier molecular flexibility index (Phi) is 2.17. The molecule has 0 amide bonds. The van der Waals surface area contributed by atoms with Crippen LogP contribution in [0.25, 0.3) is 0 Å². The number of hydrogen-bond acceptors (Lipinski definition) is 2. The highest BCUT2D eigenvalue weighted by atomic mass is 16.5. The molecule has 1 aromatic rings. The number of rotatable bonds is 1. The fourth-order valence-electron chi connectivity index (χ4n) is 3.01. The number of nitrogens with one attached hydrogen (secondary N) is 1. The monoisotopic (exact) mass is 203 g/mol. The minimum absolute atomic E-state index is 0.340. The molecule has 1 N–H and O–H groups in total. The van der Waals surface area contributed by atoms with E-state index in [0.717, 1.165) is 24.8 Å². The van der Waals surface area contributed by atoms with Gasteiger partial charge in [0.15, 0.2) is 0 Å². The summed E-state index contributed by atoms with van der Waals surface area (Å²) in [5.41, 5.74) is 1.42. The maximum atomic E-state index is 5.90. The van der Waals surface area contributed by atoms with Crippen molar-refractivity contribution >= 4 is 0 Å². The summed E-state index contributed by atoms with van der Waals surface area (Å²) in [6, 6.07) is 8.49. The van der Waals surface area contributed by atoms with Gasteiger partial charge in [-0.3, -0.25) is 0 Å². The van der Waals surface area contributed by atoms with Crippen molar-refractivity contribution in [3.05, 3.63) is 29.8 Å². The normalized spacial score (nSPS) is 33.8. The second-order valence-corrected chi connectivity index (χ2v) is 4.64. The first-order valence-electron chi connectivity index (χ1n) is 5.82. The first-order chi connectivity index (χ1) is 7.36. The summed E-state index contributed by atoms with van der Waals surface area (Å²) in [6.45, 7) is 4.51. The smallest absolute Gasteiger partial charge is 0.123 e. The van der Waals surface area contributed by atoms with Gasteiger partial charge in [0.1, 0.15) is 11.9 Å². The molecule has 3 rings (SSSR count). The number of hydrogen-bond donors (Lipinski definition) is 1. The molecule has 1 saturated heterocycles. The van der Waals surface area contributed by atoms with Crippen LogP contribution in [0.2, 0.25) is 0 Å². The molecular weight excluding hydrogens is 186 g/mol. The third-order valence-electron chi connectivity index (χ3n) is 3.70. The lowest BCUT2D eigenvalue weighted by Crippen LogP contribution is -2.24. The summed E-state index contributed by atoms with van der Waals surface area (Å²) in [5, 5.41) is 3.45. The zero-order chi connectivity index (χ0) is 10.3. The van der Waals surface area contributed by atoms with E-state index in [2.05, 4.69) is 36.5 Å². The highest BCUT2D eigenvalue weighted by molar-refractivity contribution is 5.41. The van der Waals surface area contributed by atoms with Crippen molar-refractivity contribution in [2.45, 2.75) is 25.4 Å². The first-order valence-corrected chi connectivity index (χ1v) is 5.82. The molecule has 15 heavy (non-hydrogen) atoms. The molecule has 0 aromatic heterocycles. The standard InChI is InChI=1S/C13H17NO/c1-9-13(10-6-7-14-8-10)11-4-2-3-5-12(11)15-9/h2-5,9-10,13-14H,6-8H2,1H3. The highest BCUT2D eigenvalue weighted by Crippen LogP contribution is 2.43. The zero-order valence-electron chi connectivity index (χ0n) is 9.07. The number of para-hydroxylation sites is 1. The van der Waals surface area contributed by atoms with Crippen molar-refractivity contribution in [2.75, 3.05) is 13.1 Å². The molecule has 2 nitrogen and oxygen atoms in total. The van der Waals surface area contributed by atoms with E-state index in [1.54, 1.807) is 0 Å². The van der Waals surface area contributed by atoms with E-state index >= 15 is 0 Å². The van der Waals surface area contributed by atoms with Crippen molar-refractivity contribution in [1.29, 1.82) is 0 Å². The second kappa shape index (κ2) is 3.53. The van der Waals surface area contributed by atoms with Gasteiger partial charge in [0.25, 0.3) is 0 Å². The number of benzene rings is 1. The van der Waals surface area contributed by atoms with E-state index in [1.165, 1.54) is 12.0 Å².